The number of rotatable bonds is 7. The Balaban J connectivity index is 1.62. The van der Waals surface area contributed by atoms with Crippen molar-refractivity contribution in [2.24, 2.45) is 0 Å². The molecule has 11 heteroatoms. The Hall–Kier alpha value is -4.54. The number of carbonyl (C=O) groups is 2. The summed E-state index contributed by atoms with van der Waals surface area (Å²) in [6, 6.07) is 10.6. The highest BCUT2D eigenvalue weighted by atomic mass is 16.6. The van der Waals surface area contributed by atoms with Gasteiger partial charge in [-0.05, 0) is 45.0 Å². The van der Waals surface area contributed by atoms with Gasteiger partial charge in [0.15, 0.2) is 17.5 Å². The number of furan rings is 1. The van der Waals surface area contributed by atoms with Gasteiger partial charge in [-0.1, -0.05) is 12.1 Å². The van der Waals surface area contributed by atoms with Crippen LogP contribution < -0.4 is 5.32 Å². The summed E-state index contributed by atoms with van der Waals surface area (Å²) in [4.78, 5) is 40.9. The highest BCUT2D eigenvalue weighted by Gasteiger charge is 2.25. The number of anilines is 1. The summed E-state index contributed by atoms with van der Waals surface area (Å²) < 4.78 is 12.5. The fraction of sp³-hybridized carbons (Fsp3) is 0.217. The molecule has 0 aliphatic carbocycles. The second-order valence-electron chi connectivity index (χ2n) is 7.76. The first kappa shape index (κ1) is 22.6. The molecule has 0 bridgehead atoms. The average Bonchev–Trinajstić information content (AvgIpc) is 3.48. The van der Waals surface area contributed by atoms with E-state index in [2.05, 4.69) is 15.4 Å². The highest BCUT2D eigenvalue weighted by molar-refractivity contribution is 6.05. The maximum absolute atomic E-state index is 13.1. The van der Waals surface area contributed by atoms with E-state index < -0.39 is 22.9 Å². The predicted octanol–water partition coefficient (Wildman–Crippen LogP) is 4.36. The molecule has 0 fully saturated rings. The van der Waals surface area contributed by atoms with E-state index in [0.29, 0.717) is 22.5 Å². The van der Waals surface area contributed by atoms with E-state index in [1.807, 2.05) is 13.8 Å². The van der Waals surface area contributed by atoms with E-state index in [4.69, 9.17) is 9.15 Å². The van der Waals surface area contributed by atoms with Crippen LogP contribution >= 0.6 is 0 Å². The standard InChI is InChI=1S/C23H21N5O6/c1-13(2)27-21-16(12-24-27)15(11-18(25-21)20-9-6-10-33-20)23(30)34-14(3)22(29)26-17-7-4-5-8-19(17)28(31)32/h4-14H,1-3H3,(H,26,29). The number of fused-ring (bicyclic) bond motifs is 1. The van der Waals surface area contributed by atoms with Crippen molar-refractivity contribution in [1.29, 1.82) is 0 Å². The molecule has 11 nitrogen and oxygen atoms in total. The Bertz CT molecular complexity index is 1380. The number of hydrogen-bond donors (Lipinski definition) is 1. The highest BCUT2D eigenvalue weighted by Crippen LogP contribution is 2.28. The van der Waals surface area contributed by atoms with Crippen LogP contribution in [0.2, 0.25) is 0 Å². The first-order valence-electron chi connectivity index (χ1n) is 10.4. The third kappa shape index (κ3) is 4.35. The molecule has 1 aromatic carbocycles. The number of nitro groups is 1. The molecule has 3 aromatic heterocycles. The van der Waals surface area contributed by atoms with Crippen LogP contribution in [0.1, 0.15) is 37.2 Å². The van der Waals surface area contributed by atoms with Gasteiger partial charge in [0.1, 0.15) is 11.4 Å². The molecule has 0 radical (unpaired) electrons. The second-order valence-corrected chi connectivity index (χ2v) is 7.76. The van der Waals surface area contributed by atoms with Gasteiger partial charge >= 0.3 is 5.97 Å². The molecule has 174 valence electrons. The smallest absolute Gasteiger partial charge is 0.339 e. The molecule has 0 saturated heterocycles. The number of aromatic nitrogens is 3. The van der Waals surface area contributed by atoms with Crippen LogP contribution in [0.3, 0.4) is 0 Å². The zero-order valence-corrected chi connectivity index (χ0v) is 18.6. The number of benzene rings is 1. The maximum Gasteiger partial charge on any atom is 0.339 e. The summed E-state index contributed by atoms with van der Waals surface area (Å²) in [5.41, 5.74) is 0.768. The van der Waals surface area contributed by atoms with Crippen molar-refractivity contribution in [3.63, 3.8) is 0 Å². The van der Waals surface area contributed by atoms with E-state index in [-0.39, 0.29) is 23.0 Å². The lowest BCUT2D eigenvalue weighted by Crippen LogP contribution is -2.30. The summed E-state index contributed by atoms with van der Waals surface area (Å²) in [7, 11) is 0. The Morgan fingerprint density at radius 2 is 1.94 bits per heavy atom. The SMILES string of the molecule is CC(OC(=O)c1cc(-c2ccco2)nc2c1cnn2C(C)C)C(=O)Nc1ccccc1[N+](=O)[O-]. The quantitative estimate of drug-likeness (QED) is 0.242. The van der Waals surface area contributed by atoms with Crippen molar-refractivity contribution in [2.45, 2.75) is 32.9 Å². The van der Waals surface area contributed by atoms with Crippen LogP contribution in [0.4, 0.5) is 11.4 Å². The molecular formula is C23H21N5O6. The van der Waals surface area contributed by atoms with Gasteiger partial charge in [0, 0.05) is 12.1 Å². The van der Waals surface area contributed by atoms with E-state index in [1.165, 1.54) is 43.6 Å². The van der Waals surface area contributed by atoms with Crippen LogP contribution in [0.5, 0.6) is 0 Å². The Morgan fingerprint density at radius 1 is 1.18 bits per heavy atom. The number of ether oxygens (including phenoxy) is 1. The van der Waals surface area contributed by atoms with Gasteiger partial charge in [0.25, 0.3) is 11.6 Å². The van der Waals surface area contributed by atoms with Gasteiger partial charge in [-0.15, -0.1) is 0 Å². The van der Waals surface area contributed by atoms with Gasteiger partial charge < -0.3 is 14.5 Å². The number of pyridine rings is 1. The lowest BCUT2D eigenvalue weighted by Gasteiger charge is -2.14. The fourth-order valence-electron chi connectivity index (χ4n) is 3.37. The number of nitro benzene ring substituents is 1. The average molecular weight is 463 g/mol. The number of nitrogens with one attached hydrogen (secondary N) is 1. The zero-order valence-electron chi connectivity index (χ0n) is 18.6. The molecule has 4 aromatic rings. The molecule has 0 spiro atoms. The van der Waals surface area contributed by atoms with Crippen LogP contribution in [0, 0.1) is 10.1 Å². The molecule has 3 heterocycles. The topological polar surface area (TPSA) is 142 Å². The molecule has 0 saturated carbocycles. The largest absolute Gasteiger partial charge is 0.463 e. The number of para-hydroxylation sites is 2. The summed E-state index contributed by atoms with van der Waals surface area (Å²) in [5, 5.41) is 18.4. The van der Waals surface area contributed by atoms with Crippen molar-refractivity contribution < 1.29 is 23.7 Å². The number of carbonyl (C=O) groups excluding carboxylic acids is 2. The lowest BCUT2D eigenvalue weighted by molar-refractivity contribution is -0.383. The van der Waals surface area contributed by atoms with E-state index in [1.54, 1.807) is 22.9 Å². The number of esters is 1. The third-order valence-corrected chi connectivity index (χ3v) is 5.06. The monoisotopic (exact) mass is 463 g/mol. The minimum atomic E-state index is -1.23. The molecule has 34 heavy (non-hydrogen) atoms. The Kier molecular flexibility index (Phi) is 6.09. The van der Waals surface area contributed by atoms with Crippen LogP contribution in [0.25, 0.3) is 22.5 Å². The van der Waals surface area contributed by atoms with Crippen molar-refractivity contribution in [1.82, 2.24) is 14.8 Å². The number of hydrogen-bond acceptors (Lipinski definition) is 8. The number of amides is 1. The van der Waals surface area contributed by atoms with E-state index in [0.717, 1.165) is 0 Å². The Labute approximate surface area is 193 Å². The molecule has 1 N–H and O–H groups in total. The molecule has 1 atom stereocenters. The number of nitrogens with zero attached hydrogens (tertiary/aromatic N) is 4. The zero-order chi connectivity index (χ0) is 24.4. The minimum absolute atomic E-state index is 0.00464. The summed E-state index contributed by atoms with van der Waals surface area (Å²) in [6.45, 7) is 5.24. The molecule has 0 aliphatic heterocycles. The van der Waals surface area contributed by atoms with Crippen LogP contribution in [-0.4, -0.2) is 37.7 Å². The van der Waals surface area contributed by atoms with E-state index >= 15 is 0 Å². The van der Waals surface area contributed by atoms with Crippen LogP contribution in [0.15, 0.2) is 59.3 Å². The van der Waals surface area contributed by atoms with Crippen molar-refractivity contribution in [2.75, 3.05) is 5.32 Å². The fourth-order valence-corrected chi connectivity index (χ4v) is 3.37. The maximum atomic E-state index is 13.1. The summed E-state index contributed by atoms with van der Waals surface area (Å²) >= 11 is 0. The molecule has 1 amide bonds. The third-order valence-electron chi connectivity index (χ3n) is 5.06. The van der Waals surface area contributed by atoms with Gasteiger partial charge in [-0.25, -0.2) is 14.5 Å². The van der Waals surface area contributed by atoms with Gasteiger partial charge in [0.2, 0.25) is 0 Å². The lowest BCUT2D eigenvalue weighted by atomic mass is 10.1. The summed E-state index contributed by atoms with van der Waals surface area (Å²) in [5.74, 6) is -1.03. The van der Waals surface area contributed by atoms with Crippen molar-refractivity contribution >= 4 is 34.3 Å². The first-order chi connectivity index (χ1) is 16.3. The van der Waals surface area contributed by atoms with Crippen LogP contribution in [-0.2, 0) is 9.53 Å². The van der Waals surface area contributed by atoms with Crippen molar-refractivity contribution in [3.8, 4) is 11.5 Å². The van der Waals surface area contributed by atoms with E-state index in [9.17, 15) is 19.7 Å². The normalized spacial score (nSPS) is 12.0. The molecule has 0 aliphatic rings. The first-order valence-corrected chi connectivity index (χ1v) is 10.4. The molecular weight excluding hydrogens is 442 g/mol. The van der Waals surface area contributed by atoms with Gasteiger partial charge in [0.05, 0.1) is 28.3 Å². The Morgan fingerprint density at radius 3 is 2.62 bits per heavy atom. The predicted molar refractivity (Wildman–Crippen MR) is 122 cm³/mol. The van der Waals surface area contributed by atoms with Gasteiger partial charge in [-0.2, -0.15) is 5.10 Å². The second kappa shape index (κ2) is 9.14. The molecule has 1 unspecified atom stereocenters. The summed E-state index contributed by atoms with van der Waals surface area (Å²) in [6.07, 6.45) is 1.78. The molecule has 4 rings (SSSR count). The van der Waals surface area contributed by atoms with Crippen molar-refractivity contribution in [3.05, 3.63) is 70.6 Å². The van der Waals surface area contributed by atoms with Gasteiger partial charge in [-0.3, -0.25) is 14.9 Å². The minimum Gasteiger partial charge on any atom is -0.463 e.